The molecule has 0 aliphatic rings. The van der Waals surface area contributed by atoms with Crippen molar-refractivity contribution in [3.8, 4) is 5.75 Å². The van der Waals surface area contributed by atoms with E-state index >= 15 is 0 Å². The summed E-state index contributed by atoms with van der Waals surface area (Å²) in [4.78, 5) is 7.40. The number of nitrogens with one attached hydrogen (secondary N) is 1. The molecule has 0 bridgehead atoms. The number of hydrogen-bond donors (Lipinski definition) is 1. The summed E-state index contributed by atoms with van der Waals surface area (Å²) < 4.78 is 6.19. The van der Waals surface area contributed by atoms with Gasteiger partial charge in [-0.05, 0) is 34.1 Å². The van der Waals surface area contributed by atoms with E-state index in [1.165, 1.54) is 0 Å². The molecule has 86 valence electrons. The molecular formula is C12H8BrClN2O. The van der Waals surface area contributed by atoms with Crippen LogP contribution < -0.4 is 4.74 Å². The second-order valence-corrected chi connectivity index (χ2v) is 4.89. The molecule has 0 fully saturated rings. The molecule has 0 unspecified atom stereocenters. The molecule has 3 rings (SSSR count). The highest BCUT2D eigenvalue weighted by molar-refractivity contribution is 9.10. The van der Waals surface area contributed by atoms with Crippen LogP contribution in [0.3, 0.4) is 0 Å². The van der Waals surface area contributed by atoms with E-state index in [-0.39, 0.29) is 0 Å². The number of nitrogens with zero attached hydrogens (tertiary/aromatic N) is 1. The Balaban J connectivity index is 2.51. The van der Waals surface area contributed by atoms with E-state index in [9.17, 15) is 0 Å². The van der Waals surface area contributed by atoms with Crippen LogP contribution in [0, 0.1) is 0 Å². The maximum atomic E-state index is 6.13. The average Bonchev–Trinajstić information content (AvgIpc) is 2.66. The Morgan fingerprint density at radius 1 is 1.35 bits per heavy atom. The molecule has 0 saturated heterocycles. The first-order chi connectivity index (χ1) is 8.20. The van der Waals surface area contributed by atoms with Crippen LogP contribution in [0.25, 0.3) is 21.8 Å². The van der Waals surface area contributed by atoms with E-state index in [0.29, 0.717) is 5.15 Å². The molecule has 0 saturated carbocycles. The van der Waals surface area contributed by atoms with Crippen molar-refractivity contribution < 1.29 is 4.74 Å². The highest BCUT2D eigenvalue weighted by atomic mass is 79.9. The molecule has 2 heterocycles. The summed E-state index contributed by atoms with van der Waals surface area (Å²) in [7, 11) is 1.64. The zero-order chi connectivity index (χ0) is 12.0. The van der Waals surface area contributed by atoms with Crippen molar-refractivity contribution in [3.63, 3.8) is 0 Å². The third-order valence-corrected chi connectivity index (χ3v) is 3.64. The number of ether oxygens (including phenoxy) is 1. The number of rotatable bonds is 1. The topological polar surface area (TPSA) is 37.9 Å². The van der Waals surface area contributed by atoms with Crippen molar-refractivity contribution in [2.45, 2.75) is 0 Å². The van der Waals surface area contributed by atoms with Crippen molar-refractivity contribution in [2.75, 3.05) is 7.11 Å². The third-order valence-electron chi connectivity index (χ3n) is 2.74. The molecule has 17 heavy (non-hydrogen) atoms. The minimum absolute atomic E-state index is 0.498. The molecule has 0 spiro atoms. The largest absolute Gasteiger partial charge is 0.496 e. The van der Waals surface area contributed by atoms with Gasteiger partial charge in [0.2, 0.25) is 0 Å². The number of benzene rings is 1. The second-order valence-electron chi connectivity index (χ2n) is 3.68. The van der Waals surface area contributed by atoms with Crippen LogP contribution in [0.2, 0.25) is 5.15 Å². The minimum atomic E-state index is 0.498. The van der Waals surface area contributed by atoms with E-state index in [4.69, 9.17) is 16.3 Å². The van der Waals surface area contributed by atoms with Crippen molar-refractivity contribution in [3.05, 3.63) is 34.0 Å². The van der Waals surface area contributed by atoms with Gasteiger partial charge in [0.1, 0.15) is 10.9 Å². The molecule has 1 aromatic carbocycles. The van der Waals surface area contributed by atoms with E-state index < -0.39 is 0 Å². The molecule has 3 nitrogen and oxygen atoms in total. The van der Waals surface area contributed by atoms with Gasteiger partial charge in [-0.15, -0.1) is 0 Å². The summed E-state index contributed by atoms with van der Waals surface area (Å²) in [6.07, 6.45) is 1.69. The number of fused-ring (bicyclic) bond motifs is 3. The van der Waals surface area contributed by atoms with Gasteiger partial charge in [-0.25, -0.2) is 4.98 Å². The standard InChI is InChI=1S/C12H8BrClN2O/c1-17-10-4-6-9(5-7(10)13)16-8-2-3-15-12(14)11(6)8/h2-5,16H,1H3. The predicted octanol–water partition coefficient (Wildman–Crippen LogP) is 4.14. The van der Waals surface area contributed by atoms with Gasteiger partial charge in [0.25, 0.3) is 0 Å². The van der Waals surface area contributed by atoms with Gasteiger partial charge in [-0.3, -0.25) is 0 Å². The van der Waals surface area contributed by atoms with Crippen LogP contribution in [0.4, 0.5) is 0 Å². The lowest BCUT2D eigenvalue weighted by Gasteiger charge is -2.03. The van der Waals surface area contributed by atoms with Crippen LogP contribution in [-0.2, 0) is 0 Å². The summed E-state index contributed by atoms with van der Waals surface area (Å²) >= 11 is 9.59. The monoisotopic (exact) mass is 310 g/mol. The molecule has 0 aliphatic heterocycles. The Morgan fingerprint density at radius 2 is 2.18 bits per heavy atom. The summed E-state index contributed by atoms with van der Waals surface area (Å²) in [5.41, 5.74) is 1.97. The fourth-order valence-electron chi connectivity index (χ4n) is 1.96. The van der Waals surface area contributed by atoms with Gasteiger partial charge in [0, 0.05) is 22.5 Å². The van der Waals surface area contributed by atoms with Gasteiger partial charge in [0.15, 0.2) is 0 Å². The first-order valence-corrected chi connectivity index (χ1v) is 6.17. The SMILES string of the molecule is COc1cc2c(cc1Br)[nH]c1ccnc(Cl)c12. The highest BCUT2D eigenvalue weighted by Gasteiger charge is 2.11. The van der Waals surface area contributed by atoms with Crippen molar-refractivity contribution in [1.82, 2.24) is 9.97 Å². The van der Waals surface area contributed by atoms with Gasteiger partial charge < -0.3 is 9.72 Å². The average molecular weight is 312 g/mol. The van der Waals surface area contributed by atoms with E-state index in [1.807, 2.05) is 18.2 Å². The van der Waals surface area contributed by atoms with Gasteiger partial charge in [0.05, 0.1) is 17.1 Å². The van der Waals surface area contributed by atoms with Crippen LogP contribution in [0.5, 0.6) is 5.75 Å². The van der Waals surface area contributed by atoms with Gasteiger partial charge in [-0.1, -0.05) is 11.6 Å². The maximum Gasteiger partial charge on any atom is 0.138 e. The predicted molar refractivity (Wildman–Crippen MR) is 72.9 cm³/mol. The van der Waals surface area contributed by atoms with Crippen LogP contribution in [-0.4, -0.2) is 17.1 Å². The molecular weight excluding hydrogens is 304 g/mol. The van der Waals surface area contributed by atoms with Gasteiger partial charge in [-0.2, -0.15) is 0 Å². The minimum Gasteiger partial charge on any atom is -0.496 e. The van der Waals surface area contributed by atoms with E-state index in [2.05, 4.69) is 25.9 Å². The van der Waals surface area contributed by atoms with Crippen LogP contribution in [0.15, 0.2) is 28.9 Å². The van der Waals surface area contributed by atoms with Crippen molar-refractivity contribution in [2.24, 2.45) is 0 Å². The molecule has 2 aromatic heterocycles. The Hall–Kier alpha value is -1.26. The fraction of sp³-hybridized carbons (Fsp3) is 0.0833. The molecule has 3 aromatic rings. The summed E-state index contributed by atoms with van der Waals surface area (Å²) in [6, 6.07) is 5.83. The van der Waals surface area contributed by atoms with Crippen molar-refractivity contribution >= 4 is 49.3 Å². The smallest absolute Gasteiger partial charge is 0.138 e. The zero-order valence-electron chi connectivity index (χ0n) is 8.92. The fourth-order valence-corrected chi connectivity index (χ4v) is 2.73. The molecule has 5 heteroatoms. The number of methoxy groups -OCH3 is 1. The molecule has 0 amide bonds. The quantitative estimate of drug-likeness (QED) is 0.686. The zero-order valence-corrected chi connectivity index (χ0v) is 11.3. The normalized spacial score (nSPS) is 11.2. The third kappa shape index (κ3) is 1.59. The highest BCUT2D eigenvalue weighted by Crippen LogP contribution is 2.36. The molecule has 0 atom stereocenters. The summed E-state index contributed by atoms with van der Waals surface area (Å²) in [6.45, 7) is 0. The number of halogens is 2. The van der Waals surface area contributed by atoms with Crippen LogP contribution >= 0.6 is 27.5 Å². The maximum absolute atomic E-state index is 6.13. The van der Waals surface area contributed by atoms with Crippen LogP contribution in [0.1, 0.15) is 0 Å². The lowest BCUT2D eigenvalue weighted by molar-refractivity contribution is 0.413. The Bertz CT molecular complexity index is 723. The number of H-pyrrole nitrogens is 1. The molecule has 1 N–H and O–H groups in total. The summed E-state index contributed by atoms with van der Waals surface area (Å²) in [5.74, 6) is 0.776. The number of aromatic nitrogens is 2. The Labute approximate surface area is 111 Å². The first-order valence-electron chi connectivity index (χ1n) is 5.00. The Kier molecular flexibility index (Phi) is 2.49. The Morgan fingerprint density at radius 3 is 2.94 bits per heavy atom. The molecule has 0 radical (unpaired) electrons. The second kappa shape index (κ2) is 3.89. The van der Waals surface area contributed by atoms with E-state index in [0.717, 1.165) is 32.0 Å². The van der Waals surface area contributed by atoms with Crippen molar-refractivity contribution in [1.29, 1.82) is 0 Å². The van der Waals surface area contributed by atoms with Gasteiger partial charge >= 0.3 is 0 Å². The van der Waals surface area contributed by atoms with E-state index in [1.54, 1.807) is 13.3 Å². The number of pyridine rings is 1. The first kappa shape index (κ1) is 10.9. The number of hydrogen-bond acceptors (Lipinski definition) is 2. The number of aromatic amines is 1. The molecule has 0 aliphatic carbocycles. The lowest BCUT2D eigenvalue weighted by atomic mass is 10.2. The summed E-state index contributed by atoms with van der Waals surface area (Å²) in [5, 5.41) is 2.44. The lowest BCUT2D eigenvalue weighted by Crippen LogP contribution is -1.83.